The molecule has 0 aliphatic heterocycles. The monoisotopic (exact) mass is 379 g/mol. The number of hydrogen-bond donors (Lipinski definition) is 1. The topological polar surface area (TPSA) is 52.7 Å². The highest BCUT2D eigenvalue weighted by Crippen LogP contribution is 2.33. The Morgan fingerprint density at radius 1 is 1.04 bits per heavy atom. The van der Waals surface area contributed by atoms with Gasteiger partial charge in [0.15, 0.2) is 0 Å². The lowest BCUT2D eigenvalue weighted by atomic mass is 10.3. The Morgan fingerprint density at radius 2 is 1.57 bits per heavy atom. The van der Waals surface area contributed by atoms with Gasteiger partial charge in [0, 0.05) is 18.1 Å². The Hall–Kier alpha value is -1.01. The number of halogens is 3. The summed E-state index contributed by atoms with van der Waals surface area (Å²) in [6.45, 7) is 5.33. The van der Waals surface area contributed by atoms with Crippen molar-refractivity contribution in [2.24, 2.45) is 0 Å². The van der Waals surface area contributed by atoms with Crippen LogP contribution in [-0.2, 0) is 9.59 Å². The van der Waals surface area contributed by atoms with Gasteiger partial charge in [-0.3, -0.25) is 14.5 Å². The molecule has 1 aromatic rings. The maximum absolute atomic E-state index is 12.1. The van der Waals surface area contributed by atoms with Crippen molar-refractivity contribution >= 4 is 52.3 Å². The van der Waals surface area contributed by atoms with Gasteiger partial charge >= 0.3 is 0 Å². The van der Waals surface area contributed by atoms with Crippen LogP contribution in [0, 0.1) is 0 Å². The number of benzene rings is 1. The van der Waals surface area contributed by atoms with E-state index in [1.54, 1.807) is 16.8 Å². The van der Waals surface area contributed by atoms with Gasteiger partial charge in [-0.25, -0.2) is 0 Å². The molecule has 1 N–H and O–H groups in total. The summed E-state index contributed by atoms with van der Waals surface area (Å²) in [5, 5.41) is 3.55. The van der Waals surface area contributed by atoms with E-state index in [-0.39, 0.29) is 34.9 Å². The van der Waals surface area contributed by atoms with Crippen molar-refractivity contribution in [1.29, 1.82) is 0 Å². The van der Waals surface area contributed by atoms with Gasteiger partial charge in [-0.15, -0.1) is 0 Å². The number of nitrogens with one attached hydrogen (secondary N) is 1. The number of anilines is 1. The summed E-state index contributed by atoms with van der Waals surface area (Å²) >= 11 is 17.9. The van der Waals surface area contributed by atoms with Gasteiger partial charge in [0.25, 0.3) is 0 Å². The van der Waals surface area contributed by atoms with Crippen molar-refractivity contribution in [2.45, 2.75) is 13.8 Å². The number of rotatable bonds is 7. The largest absolute Gasteiger partial charge is 0.342 e. The SMILES string of the molecule is CCN(CC)C(=O)CN(C)CC(=O)Nc1c(Cl)cc(Cl)cc1Cl. The van der Waals surface area contributed by atoms with E-state index in [1.165, 1.54) is 12.1 Å². The maximum atomic E-state index is 12.1. The quantitative estimate of drug-likeness (QED) is 0.789. The molecule has 1 rings (SSSR count). The molecule has 0 saturated heterocycles. The minimum Gasteiger partial charge on any atom is -0.342 e. The van der Waals surface area contributed by atoms with Crippen LogP contribution in [0.1, 0.15) is 13.8 Å². The number of amides is 2. The van der Waals surface area contributed by atoms with Crippen LogP contribution in [0.5, 0.6) is 0 Å². The fourth-order valence-corrected chi connectivity index (χ4v) is 2.96. The zero-order valence-corrected chi connectivity index (χ0v) is 15.6. The van der Waals surface area contributed by atoms with Crippen LogP contribution < -0.4 is 5.32 Å². The Bertz CT molecular complexity index is 554. The highest BCUT2D eigenvalue weighted by Gasteiger charge is 2.16. The summed E-state index contributed by atoms with van der Waals surface area (Å²) in [6.07, 6.45) is 0. The molecule has 0 aliphatic carbocycles. The minimum absolute atomic E-state index is 0.0205. The molecule has 0 atom stereocenters. The van der Waals surface area contributed by atoms with E-state index >= 15 is 0 Å². The molecule has 5 nitrogen and oxygen atoms in total. The van der Waals surface area contributed by atoms with Crippen LogP contribution in [0.15, 0.2) is 12.1 Å². The van der Waals surface area contributed by atoms with Gasteiger partial charge in [-0.2, -0.15) is 0 Å². The molecule has 0 fully saturated rings. The highest BCUT2D eigenvalue weighted by molar-refractivity contribution is 6.42. The Balaban J connectivity index is 2.62. The number of carbonyl (C=O) groups is 2. The van der Waals surface area contributed by atoms with E-state index < -0.39 is 0 Å². The normalized spacial score (nSPS) is 10.7. The van der Waals surface area contributed by atoms with Crippen molar-refractivity contribution in [3.8, 4) is 0 Å². The zero-order valence-electron chi connectivity index (χ0n) is 13.3. The molecule has 1 aromatic carbocycles. The smallest absolute Gasteiger partial charge is 0.238 e. The third-order valence-electron chi connectivity index (χ3n) is 3.21. The molecule has 0 aromatic heterocycles. The van der Waals surface area contributed by atoms with Crippen molar-refractivity contribution in [3.05, 3.63) is 27.2 Å². The van der Waals surface area contributed by atoms with Gasteiger partial charge in [-0.05, 0) is 33.0 Å². The van der Waals surface area contributed by atoms with Crippen molar-refractivity contribution in [1.82, 2.24) is 9.80 Å². The first-order valence-corrected chi connectivity index (χ1v) is 8.32. The molecule has 0 spiro atoms. The van der Waals surface area contributed by atoms with Crippen molar-refractivity contribution in [3.63, 3.8) is 0 Å². The van der Waals surface area contributed by atoms with E-state index in [0.29, 0.717) is 23.8 Å². The first-order valence-electron chi connectivity index (χ1n) is 7.19. The molecule has 128 valence electrons. The first kappa shape index (κ1) is 20.0. The third-order valence-corrected chi connectivity index (χ3v) is 4.02. The number of carbonyl (C=O) groups excluding carboxylic acids is 2. The second-order valence-electron chi connectivity index (χ2n) is 5.03. The van der Waals surface area contributed by atoms with Crippen LogP contribution in [0.3, 0.4) is 0 Å². The van der Waals surface area contributed by atoms with E-state index in [1.807, 2.05) is 13.8 Å². The summed E-state index contributed by atoms with van der Waals surface area (Å²) in [5.74, 6) is -0.334. The zero-order chi connectivity index (χ0) is 17.6. The first-order chi connectivity index (χ1) is 10.8. The van der Waals surface area contributed by atoms with Gasteiger partial charge in [0.05, 0.1) is 28.8 Å². The number of likely N-dealkylation sites (N-methyl/N-ethyl adjacent to an activating group) is 2. The van der Waals surface area contributed by atoms with E-state index in [9.17, 15) is 9.59 Å². The average Bonchev–Trinajstić information content (AvgIpc) is 2.43. The molecule has 8 heteroatoms. The van der Waals surface area contributed by atoms with Gasteiger partial charge in [0.1, 0.15) is 0 Å². The lowest BCUT2D eigenvalue weighted by Gasteiger charge is -2.22. The maximum Gasteiger partial charge on any atom is 0.238 e. The lowest BCUT2D eigenvalue weighted by molar-refractivity contribution is -0.132. The Morgan fingerprint density at radius 3 is 2.04 bits per heavy atom. The minimum atomic E-state index is -0.314. The van der Waals surface area contributed by atoms with E-state index in [4.69, 9.17) is 34.8 Å². The van der Waals surface area contributed by atoms with Crippen LogP contribution >= 0.6 is 34.8 Å². The Kier molecular flexibility index (Phi) is 8.12. The molecule has 0 saturated carbocycles. The summed E-state index contributed by atoms with van der Waals surface area (Å²) in [7, 11) is 1.70. The molecular weight excluding hydrogens is 361 g/mol. The average molecular weight is 381 g/mol. The van der Waals surface area contributed by atoms with Crippen molar-refractivity contribution in [2.75, 3.05) is 38.5 Å². The van der Waals surface area contributed by atoms with E-state index in [2.05, 4.69) is 5.32 Å². The fourth-order valence-electron chi connectivity index (χ4n) is 2.05. The molecular formula is C15H20Cl3N3O2. The second-order valence-corrected chi connectivity index (χ2v) is 6.28. The van der Waals surface area contributed by atoms with Crippen LogP contribution in [0.2, 0.25) is 15.1 Å². The molecule has 0 radical (unpaired) electrons. The van der Waals surface area contributed by atoms with Gasteiger partial charge in [0.2, 0.25) is 11.8 Å². The number of nitrogens with zero attached hydrogens (tertiary/aromatic N) is 2. The second kappa shape index (κ2) is 9.33. The van der Waals surface area contributed by atoms with E-state index in [0.717, 1.165) is 0 Å². The molecule has 0 aliphatic rings. The van der Waals surface area contributed by atoms with Crippen LogP contribution in [0.25, 0.3) is 0 Å². The summed E-state index contributed by atoms with van der Waals surface area (Å²) in [5.41, 5.74) is 0.311. The third kappa shape index (κ3) is 6.18. The van der Waals surface area contributed by atoms with Gasteiger partial charge < -0.3 is 10.2 Å². The summed E-state index contributed by atoms with van der Waals surface area (Å²) < 4.78 is 0. The summed E-state index contributed by atoms with van der Waals surface area (Å²) in [6, 6.07) is 3.00. The highest BCUT2D eigenvalue weighted by atomic mass is 35.5. The number of hydrogen-bond acceptors (Lipinski definition) is 3. The molecule has 0 heterocycles. The summed E-state index contributed by atoms with van der Waals surface area (Å²) in [4.78, 5) is 27.4. The van der Waals surface area contributed by atoms with Crippen LogP contribution in [-0.4, -0.2) is 54.8 Å². The van der Waals surface area contributed by atoms with Gasteiger partial charge in [-0.1, -0.05) is 34.8 Å². The predicted octanol–water partition coefficient (Wildman–Crippen LogP) is 3.39. The van der Waals surface area contributed by atoms with Crippen LogP contribution in [0.4, 0.5) is 5.69 Å². The lowest BCUT2D eigenvalue weighted by Crippen LogP contribution is -2.41. The molecule has 23 heavy (non-hydrogen) atoms. The molecule has 0 unspecified atom stereocenters. The predicted molar refractivity (Wildman–Crippen MR) is 95.5 cm³/mol. The molecule has 2 amide bonds. The Labute approximate surface area is 151 Å². The standard InChI is InChI=1S/C15H20Cl3N3O2/c1-4-21(5-2)14(23)9-20(3)8-13(22)19-15-11(17)6-10(16)7-12(15)18/h6-7H,4-5,8-9H2,1-3H3,(H,19,22). The van der Waals surface area contributed by atoms with Crippen molar-refractivity contribution < 1.29 is 9.59 Å². The fraction of sp³-hybridized carbons (Fsp3) is 0.467. The molecule has 0 bridgehead atoms.